The average Bonchev–Trinajstić information content (AvgIpc) is 3.04. The first-order valence-electron chi connectivity index (χ1n) is 8.96. The average molecular weight is 365 g/mol. The molecule has 6 heteroatoms. The Kier molecular flexibility index (Phi) is 4.39. The van der Waals surface area contributed by atoms with Crippen LogP contribution in [0.3, 0.4) is 0 Å². The van der Waals surface area contributed by atoms with Crippen LogP contribution in [-0.4, -0.2) is 52.8 Å². The summed E-state index contributed by atoms with van der Waals surface area (Å²) >= 11 is 0. The van der Waals surface area contributed by atoms with Gasteiger partial charge in [0.2, 0.25) is 0 Å². The highest BCUT2D eigenvalue weighted by Gasteiger charge is 2.27. The molecule has 2 aromatic carbocycles. The Morgan fingerprint density at radius 3 is 2.11 bits per heavy atom. The number of halogens is 1. The van der Waals surface area contributed by atoms with Crippen LogP contribution in [0.25, 0.3) is 10.9 Å². The highest BCUT2D eigenvalue weighted by Crippen LogP contribution is 2.23. The van der Waals surface area contributed by atoms with Crippen molar-refractivity contribution in [3.8, 4) is 0 Å². The number of rotatable bonds is 2. The number of para-hydroxylation sites is 1. The maximum atomic E-state index is 13.0. The van der Waals surface area contributed by atoms with Gasteiger partial charge in [-0.15, -0.1) is 0 Å². The first-order valence-corrected chi connectivity index (χ1v) is 8.96. The van der Waals surface area contributed by atoms with Crippen molar-refractivity contribution in [2.24, 2.45) is 0 Å². The molecular weight excluding hydrogens is 345 g/mol. The Labute approximate surface area is 156 Å². The smallest absolute Gasteiger partial charge is 0.270 e. The van der Waals surface area contributed by atoms with Crippen molar-refractivity contribution in [1.29, 1.82) is 0 Å². The van der Waals surface area contributed by atoms with E-state index >= 15 is 0 Å². The summed E-state index contributed by atoms with van der Waals surface area (Å²) in [6, 6.07) is 13.4. The number of nitrogens with zero attached hydrogens (tertiary/aromatic N) is 2. The summed E-state index contributed by atoms with van der Waals surface area (Å²) in [6.07, 6.45) is 0. The molecule has 2 amide bonds. The molecule has 0 spiro atoms. The lowest BCUT2D eigenvalue weighted by atomic mass is 10.1. The van der Waals surface area contributed by atoms with Crippen LogP contribution in [0.5, 0.6) is 0 Å². The summed E-state index contributed by atoms with van der Waals surface area (Å²) in [6.45, 7) is 3.81. The second kappa shape index (κ2) is 6.87. The lowest BCUT2D eigenvalue weighted by molar-refractivity contribution is 0.0532. The minimum atomic E-state index is -0.365. The molecule has 0 bridgehead atoms. The third-order valence-corrected chi connectivity index (χ3v) is 5.12. The van der Waals surface area contributed by atoms with E-state index < -0.39 is 0 Å². The van der Waals surface area contributed by atoms with Crippen LogP contribution in [0, 0.1) is 12.7 Å². The molecule has 1 fully saturated rings. The van der Waals surface area contributed by atoms with Crippen LogP contribution in [0.4, 0.5) is 4.39 Å². The van der Waals surface area contributed by atoms with Gasteiger partial charge in [-0.2, -0.15) is 0 Å². The van der Waals surface area contributed by atoms with E-state index in [4.69, 9.17) is 0 Å². The van der Waals surface area contributed by atoms with Crippen molar-refractivity contribution in [3.63, 3.8) is 0 Å². The SMILES string of the molecule is Cc1c(C(=O)N2CCN(C(=O)c3ccc(F)cc3)CC2)[nH]c2ccccc12. The topological polar surface area (TPSA) is 56.4 Å². The lowest BCUT2D eigenvalue weighted by Gasteiger charge is -2.34. The van der Waals surface area contributed by atoms with Gasteiger partial charge in [0.1, 0.15) is 11.5 Å². The lowest BCUT2D eigenvalue weighted by Crippen LogP contribution is -2.50. The third-order valence-electron chi connectivity index (χ3n) is 5.12. The number of piperazine rings is 1. The number of aryl methyl sites for hydroxylation is 1. The Bertz CT molecular complexity index is 1000. The first-order chi connectivity index (χ1) is 13.0. The number of nitrogens with one attached hydrogen (secondary N) is 1. The fourth-order valence-electron chi connectivity index (χ4n) is 3.54. The maximum Gasteiger partial charge on any atom is 0.270 e. The minimum absolute atomic E-state index is 0.0439. The Hall–Kier alpha value is -3.15. The molecule has 27 heavy (non-hydrogen) atoms. The van der Waals surface area contributed by atoms with Crippen molar-refractivity contribution < 1.29 is 14.0 Å². The van der Waals surface area contributed by atoms with E-state index in [1.807, 2.05) is 31.2 Å². The Morgan fingerprint density at radius 1 is 0.889 bits per heavy atom. The van der Waals surface area contributed by atoms with Crippen molar-refractivity contribution in [2.75, 3.05) is 26.2 Å². The molecule has 0 saturated carbocycles. The van der Waals surface area contributed by atoms with Crippen LogP contribution >= 0.6 is 0 Å². The molecule has 0 atom stereocenters. The van der Waals surface area contributed by atoms with Crippen LogP contribution in [-0.2, 0) is 0 Å². The van der Waals surface area contributed by atoms with Crippen molar-refractivity contribution >= 4 is 22.7 Å². The molecule has 0 unspecified atom stereocenters. The normalized spacial score (nSPS) is 14.6. The van der Waals surface area contributed by atoms with Crippen LogP contribution in [0.15, 0.2) is 48.5 Å². The van der Waals surface area contributed by atoms with Gasteiger partial charge < -0.3 is 14.8 Å². The number of carbonyl (C=O) groups is 2. The van der Waals surface area contributed by atoms with E-state index in [2.05, 4.69) is 4.98 Å². The van der Waals surface area contributed by atoms with E-state index in [0.29, 0.717) is 37.4 Å². The number of hydrogen-bond acceptors (Lipinski definition) is 2. The summed E-state index contributed by atoms with van der Waals surface area (Å²) in [4.78, 5) is 32.1. The molecule has 1 aliphatic rings. The van der Waals surface area contributed by atoms with E-state index in [-0.39, 0.29) is 17.6 Å². The summed E-state index contributed by atoms with van der Waals surface area (Å²) in [7, 11) is 0. The van der Waals surface area contributed by atoms with Gasteiger partial charge in [-0.05, 0) is 42.8 Å². The highest BCUT2D eigenvalue weighted by atomic mass is 19.1. The van der Waals surface area contributed by atoms with Gasteiger partial charge in [-0.3, -0.25) is 9.59 Å². The Morgan fingerprint density at radius 2 is 1.48 bits per heavy atom. The Balaban J connectivity index is 1.45. The van der Waals surface area contributed by atoms with Crippen LogP contribution in [0.2, 0.25) is 0 Å². The summed E-state index contributed by atoms with van der Waals surface area (Å²) in [5, 5.41) is 1.05. The monoisotopic (exact) mass is 365 g/mol. The molecule has 2 heterocycles. The number of H-pyrrole nitrogens is 1. The summed E-state index contributed by atoms with van der Waals surface area (Å²) < 4.78 is 13.0. The number of aromatic amines is 1. The zero-order chi connectivity index (χ0) is 19.0. The number of benzene rings is 2. The fraction of sp³-hybridized carbons (Fsp3) is 0.238. The minimum Gasteiger partial charge on any atom is -0.350 e. The van der Waals surface area contributed by atoms with E-state index in [9.17, 15) is 14.0 Å². The molecule has 3 aromatic rings. The van der Waals surface area contributed by atoms with Gasteiger partial charge in [0.05, 0.1) is 0 Å². The second-order valence-electron chi connectivity index (χ2n) is 6.76. The number of amides is 2. The van der Waals surface area contributed by atoms with Crippen molar-refractivity contribution in [1.82, 2.24) is 14.8 Å². The largest absolute Gasteiger partial charge is 0.350 e. The van der Waals surface area contributed by atoms with E-state index in [1.165, 1.54) is 24.3 Å². The van der Waals surface area contributed by atoms with Gasteiger partial charge in [-0.25, -0.2) is 4.39 Å². The number of carbonyl (C=O) groups excluding carboxylic acids is 2. The molecule has 1 aromatic heterocycles. The molecule has 5 nitrogen and oxygen atoms in total. The molecule has 1 aliphatic heterocycles. The van der Waals surface area contributed by atoms with Gasteiger partial charge in [0, 0.05) is 42.6 Å². The number of hydrogen-bond donors (Lipinski definition) is 1. The first kappa shape index (κ1) is 17.3. The van der Waals surface area contributed by atoms with Gasteiger partial charge in [0.15, 0.2) is 0 Å². The molecule has 1 saturated heterocycles. The quantitative estimate of drug-likeness (QED) is 0.758. The standard InChI is InChI=1S/C21H20FN3O2/c1-14-17-4-2-3-5-18(17)23-19(14)21(27)25-12-10-24(11-13-25)20(26)15-6-8-16(22)9-7-15/h2-9,23H,10-13H2,1H3. The second-order valence-corrected chi connectivity index (χ2v) is 6.76. The van der Waals surface area contributed by atoms with E-state index in [1.54, 1.807) is 9.80 Å². The fourth-order valence-corrected chi connectivity index (χ4v) is 3.54. The zero-order valence-electron chi connectivity index (χ0n) is 15.0. The molecule has 4 rings (SSSR count). The van der Waals surface area contributed by atoms with Gasteiger partial charge in [0.25, 0.3) is 11.8 Å². The predicted molar refractivity (Wildman–Crippen MR) is 101 cm³/mol. The molecule has 0 aliphatic carbocycles. The van der Waals surface area contributed by atoms with Gasteiger partial charge >= 0.3 is 0 Å². The maximum absolute atomic E-state index is 13.0. The van der Waals surface area contributed by atoms with Gasteiger partial charge in [-0.1, -0.05) is 18.2 Å². The summed E-state index contributed by atoms with van der Waals surface area (Å²) in [5.41, 5.74) is 2.96. The molecule has 0 radical (unpaired) electrons. The predicted octanol–water partition coefficient (Wildman–Crippen LogP) is 3.21. The molecule has 1 N–H and O–H groups in total. The van der Waals surface area contributed by atoms with Crippen LogP contribution < -0.4 is 0 Å². The summed E-state index contributed by atoms with van der Waals surface area (Å²) in [5.74, 6) is -0.544. The van der Waals surface area contributed by atoms with Crippen molar-refractivity contribution in [3.05, 3.63) is 71.2 Å². The molecule has 138 valence electrons. The van der Waals surface area contributed by atoms with E-state index in [0.717, 1.165) is 16.5 Å². The molecular formula is C21H20FN3O2. The zero-order valence-corrected chi connectivity index (χ0v) is 15.0. The highest BCUT2D eigenvalue weighted by molar-refractivity contribution is 6.01. The number of fused-ring (bicyclic) bond motifs is 1. The third kappa shape index (κ3) is 3.18. The number of aromatic nitrogens is 1. The van der Waals surface area contributed by atoms with Crippen LogP contribution in [0.1, 0.15) is 26.4 Å². The van der Waals surface area contributed by atoms with Crippen molar-refractivity contribution in [2.45, 2.75) is 6.92 Å².